The fraction of sp³-hybridized carbons (Fsp3) is 0.625. The predicted molar refractivity (Wildman–Crippen MR) is 91.8 cm³/mol. The SMILES string of the molecule is Cc1cc(F)c(O)c([C@@H](C2CCC2)N2CCNCC2)c1.Cl.Cl. The second-order valence-electron chi connectivity index (χ2n) is 6.11. The van der Waals surface area contributed by atoms with Crippen molar-refractivity contribution in [2.24, 2.45) is 5.92 Å². The molecule has 1 saturated heterocycles. The van der Waals surface area contributed by atoms with Gasteiger partial charge in [-0.1, -0.05) is 12.5 Å². The van der Waals surface area contributed by atoms with Crippen LogP contribution in [0.2, 0.25) is 0 Å². The van der Waals surface area contributed by atoms with Gasteiger partial charge in [0.15, 0.2) is 11.6 Å². The van der Waals surface area contributed by atoms with Gasteiger partial charge in [0.2, 0.25) is 0 Å². The van der Waals surface area contributed by atoms with E-state index >= 15 is 0 Å². The Morgan fingerprint density at radius 2 is 1.86 bits per heavy atom. The molecule has 1 aromatic carbocycles. The lowest BCUT2D eigenvalue weighted by Gasteiger charge is -2.43. The van der Waals surface area contributed by atoms with Crippen molar-refractivity contribution < 1.29 is 9.50 Å². The molecule has 22 heavy (non-hydrogen) atoms. The monoisotopic (exact) mass is 350 g/mol. The second-order valence-corrected chi connectivity index (χ2v) is 6.11. The van der Waals surface area contributed by atoms with Gasteiger partial charge in [0, 0.05) is 37.8 Å². The molecule has 1 aromatic rings. The van der Waals surface area contributed by atoms with Crippen molar-refractivity contribution in [1.82, 2.24) is 10.2 Å². The Balaban J connectivity index is 0.00000121. The molecule has 0 aromatic heterocycles. The Labute approximate surface area is 144 Å². The Morgan fingerprint density at radius 1 is 1.23 bits per heavy atom. The van der Waals surface area contributed by atoms with Gasteiger partial charge in [0.1, 0.15) is 0 Å². The Hall–Kier alpha value is -0.550. The predicted octanol–water partition coefficient (Wildman–Crippen LogP) is 3.43. The van der Waals surface area contributed by atoms with Crippen LogP contribution >= 0.6 is 24.8 Å². The number of halogens is 3. The van der Waals surface area contributed by atoms with Crippen LogP contribution in [0.3, 0.4) is 0 Å². The number of aromatic hydroxyl groups is 1. The van der Waals surface area contributed by atoms with Crippen molar-refractivity contribution in [2.45, 2.75) is 32.2 Å². The van der Waals surface area contributed by atoms with Crippen molar-refractivity contribution in [3.8, 4) is 5.75 Å². The summed E-state index contributed by atoms with van der Waals surface area (Å²) >= 11 is 0. The zero-order valence-electron chi connectivity index (χ0n) is 12.8. The average Bonchev–Trinajstić information content (AvgIpc) is 2.39. The standard InChI is InChI=1S/C16H23FN2O.2ClH/c1-11-9-13(16(20)14(17)10-11)15(12-3-2-4-12)19-7-5-18-6-8-19;;/h9-10,12,15,18,20H,2-8H2,1H3;2*1H/t15-;;/m1../s1. The first-order valence-electron chi connectivity index (χ1n) is 7.60. The first-order chi connectivity index (χ1) is 9.66. The summed E-state index contributed by atoms with van der Waals surface area (Å²) in [7, 11) is 0. The van der Waals surface area contributed by atoms with E-state index in [-0.39, 0.29) is 36.6 Å². The molecular formula is C16H25Cl2FN2O. The number of phenols is 1. The topological polar surface area (TPSA) is 35.5 Å². The van der Waals surface area contributed by atoms with Gasteiger partial charge in [-0.15, -0.1) is 24.8 Å². The molecule has 0 spiro atoms. The van der Waals surface area contributed by atoms with E-state index in [9.17, 15) is 9.50 Å². The van der Waals surface area contributed by atoms with Crippen LogP contribution in [0.5, 0.6) is 5.75 Å². The van der Waals surface area contributed by atoms with E-state index < -0.39 is 5.82 Å². The smallest absolute Gasteiger partial charge is 0.165 e. The third kappa shape index (κ3) is 3.85. The second kappa shape index (κ2) is 8.34. The van der Waals surface area contributed by atoms with Gasteiger partial charge in [-0.2, -0.15) is 0 Å². The first-order valence-corrected chi connectivity index (χ1v) is 7.60. The van der Waals surface area contributed by atoms with E-state index in [4.69, 9.17) is 0 Å². The normalized spacial score (nSPS) is 20.5. The van der Waals surface area contributed by atoms with Gasteiger partial charge in [-0.05, 0) is 37.3 Å². The summed E-state index contributed by atoms with van der Waals surface area (Å²) in [6, 6.07) is 3.54. The van der Waals surface area contributed by atoms with E-state index in [0.717, 1.165) is 37.3 Å². The molecule has 0 bridgehead atoms. The van der Waals surface area contributed by atoms with Gasteiger partial charge >= 0.3 is 0 Å². The van der Waals surface area contributed by atoms with E-state index in [2.05, 4.69) is 10.2 Å². The Morgan fingerprint density at radius 3 is 2.41 bits per heavy atom. The van der Waals surface area contributed by atoms with Crippen molar-refractivity contribution in [3.05, 3.63) is 29.1 Å². The summed E-state index contributed by atoms with van der Waals surface area (Å²) in [6.07, 6.45) is 3.62. The first kappa shape index (κ1) is 19.5. The Bertz CT molecular complexity index is 491. The van der Waals surface area contributed by atoms with Crippen LogP contribution in [0, 0.1) is 18.7 Å². The highest BCUT2D eigenvalue weighted by Crippen LogP contribution is 2.44. The van der Waals surface area contributed by atoms with Gasteiger partial charge in [0.25, 0.3) is 0 Å². The van der Waals surface area contributed by atoms with Gasteiger partial charge in [-0.3, -0.25) is 4.90 Å². The third-order valence-electron chi connectivity index (χ3n) is 4.70. The van der Waals surface area contributed by atoms with Crippen LogP contribution in [0.25, 0.3) is 0 Å². The number of hydrogen-bond acceptors (Lipinski definition) is 3. The quantitative estimate of drug-likeness (QED) is 0.876. The molecule has 0 unspecified atom stereocenters. The lowest BCUT2D eigenvalue weighted by atomic mass is 9.76. The summed E-state index contributed by atoms with van der Waals surface area (Å²) in [5, 5.41) is 13.5. The number of phenolic OH excluding ortho intramolecular Hbond substituents is 1. The number of nitrogens with zero attached hydrogens (tertiary/aromatic N) is 1. The molecule has 1 atom stereocenters. The fourth-order valence-corrected chi connectivity index (χ4v) is 3.45. The highest BCUT2D eigenvalue weighted by molar-refractivity contribution is 5.85. The van der Waals surface area contributed by atoms with Crippen molar-refractivity contribution in [1.29, 1.82) is 0 Å². The highest BCUT2D eigenvalue weighted by Gasteiger charge is 2.35. The van der Waals surface area contributed by atoms with E-state index in [0.29, 0.717) is 5.92 Å². The van der Waals surface area contributed by atoms with Crippen molar-refractivity contribution in [3.63, 3.8) is 0 Å². The molecule has 2 fully saturated rings. The maximum absolute atomic E-state index is 13.9. The summed E-state index contributed by atoms with van der Waals surface area (Å²) in [5.74, 6) is -0.0781. The number of aryl methyl sites for hydroxylation is 1. The van der Waals surface area contributed by atoms with E-state index in [1.165, 1.54) is 25.3 Å². The minimum Gasteiger partial charge on any atom is -0.505 e. The molecule has 1 heterocycles. The zero-order chi connectivity index (χ0) is 14.1. The Kier molecular flexibility index (Phi) is 7.39. The maximum Gasteiger partial charge on any atom is 0.165 e. The van der Waals surface area contributed by atoms with Crippen LogP contribution in [0.15, 0.2) is 12.1 Å². The van der Waals surface area contributed by atoms with Crippen molar-refractivity contribution in [2.75, 3.05) is 26.2 Å². The molecular weight excluding hydrogens is 326 g/mol. The van der Waals surface area contributed by atoms with Gasteiger partial charge < -0.3 is 10.4 Å². The van der Waals surface area contributed by atoms with Crippen LogP contribution in [0.1, 0.15) is 36.4 Å². The number of rotatable bonds is 3. The number of nitrogens with one attached hydrogen (secondary N) is 1. The molecule has 1 saturated carbocycles. The minimum absolute atomic E-state index is 0. The molecule has 1 aliphatic carbocycles. The van der Waals surface area contributed by atoms with E-state index in [1.54, 1.807) is 0 Å². The lowest BCUT2D eigenvalue weighted by Crippen LogP contribution is -2.47. The van der Waals surface area contributed by atoms with Crippen LogP contribution in [-0.2, 0) is 0 Å². The highest BCUT2D eigenvalue weighted by atomic mass is 35.5. The molecule has 0 amide bonds. The molecule has 0 radical (unpaired) electrons. The third-order valence-corrected chi connectivity index (χ3v) is 4.70. The molecule has 2 N–H and O–H groups in total. The number of piperazine rings is 1. The summed E-state index contributed by atoms with van der Waals surface area (Å²) in [5.41, 5.74) is 1.67. The summed E-state index contributed by atoms with van der Waals surface area (Å²) in [6.45, 7) is 5.77. The molecule has 3 nitrogen and oxygen atoms in total. The molecule has 2 aliphatic rings. The summed E-state index contributed by atoms with van der Waals surface area (Å²) in [4.78, 5) is 2.41. The largest absolute Gasteiger partial charge is 0.505 e. The molecule has 3 rings (SSSR count). The maximum atomic E-state index is 13.9. The van der Waals surface area contributed by atoms with Crippen molar-refractivity contribution >= 4 is 24.8 Å². The minimum atomic E-state index is -0.487. The van der Waals surface area contributed by atoms with Gasteiger partial charge in [0.05, 0.1) is 0 Å². The van der Waals surface area contributed by atoms with Crippen LogP contribution in [-0.4, -0.2) is 36.2 Å². The summed E-state index contributed by atoms with van der Waals surface area (Å²) < 4.78 is 13.9. The molecule has 126 valence electrons. The van der Waals surface area contributed by atoms with Gasteiger partial charge in [-0.25, -0.2) is 4.39 Å². The lowest BCUT2D eigenvalue weighted by molar-refractivity contribution is 0.0815. The molecule has 1 aliphatic heterocycles. The molecule has 6 heteroatoms. The van der Waals surface area contributed by atoms with Crippen LogP contribution in [0.4, 0.5) is 4.39 Å². The van der Waals surface area contributed by atoms with Crippen LogP contribution < -0.4 is 5.32 Å². The number of hydrogen-bond donors (Lipinski definition) is 2. The van der Waals surface area contributed by atoms with E-state index in [1.807, 2.05) is 13.0 Å². The fourth-order valence-electron chi connectivity index (χ4n) is 3.45. The number of benzene rings is 1. The zero-order valence-corrected chi connectivity index (χ0v) is 14.5. The average molecular weight is 351 g/mol.